The molecule has 1 aromatic rings. The quantitative estimate of drug-likeness (QED) is 0.784. The largest absolute Gasteiger partial charge is 0.457 e. The summed E-state index contributed by atoms with van der Waals surface area (Å²) in [5.41, 5.74) is 0. The number of aliphatic hydroxyl groups is 1. The lowest BCUT2D eigenvalue weighted by Gasteiger charge is -2.25. The summed E-state index contributed by atoms with van der Waals surface area (Å²) in [5.74, 6) is 1.97. The Morgan fingerprint density at radius 2 is 1.88 bits per heavy atom. The van der Waals surface area contributed by atoms with Gasteiger partial charge >= 0.3 is 0 Å². The highest BCUT2D eigenvalue weighted by atomic mass is 16.5. The fraction of sp³-hybridized carbons (Fsp3) is 0.500. The number of hydrogen-bond acceptors (Lipinski definition) is 4. The average molecular weight is 222 g/mol. The summed E-state index contributed by atoms with van der Waals surface area (Å²) in [4.78, 5) is 2.26. The number of fused-ring (bicyclic) bond motifs is 2. The van der Waals surface area contributed by atoms with Crippen molar-refractivity contribution in [3.63, 3.8) is 0 Å². The first-order chi connectivity index (χ1) is 7.88. The van der Waals surface area contributed by atoms with Crippen LogP contribution in [0.15, 0.2) is 24.3 Å². The lowest BCUT2D eigenvalue weighted by Crippen LogP contribution is -2.44. The van der Waals surface area contributed by atoms with Crippen molar-refractivity contribution in [3.8, 4) is 11.5 Å². The number of piperazine rings is 1. The van der Waals surface area contributed by atoms with Crippen LogP contribution in [0, 0.1) is 0 Å². The van der Waals surface area contributed by atoms with Crippen molar-refractivity contribution in [2.75, 3.05) is 39.3 Å². The molecule has 1 saturated heterocycles. The summed E-state index contributed by atoms with van der Waals surface area (Å²) in [5, 5.41) is 11.8. The minimum atomic E-state index is 0.292. The summed E-state index contributed by atoms with van der Waals surface area (Å²) in [6.45, 7) is 5.43. The van der Waals surface area contributed by atoms with E-state index in [4.69, 9.17) is 9.84 Å². The number of rotatable bonds is 2. The van der Waals surface area contributed by atoms with E-state index in [0.717, 1.165) is 44.2 Å². The van der Waals surface area contributed by atoms with E-state index < -0.39 is 0 Å². The van der Waals surface area contributed by atoms with E-state index in [2.05, 4.69) is 10.2 Å². The molecule has 0 radical (unpaired) electrons. The Kier molecular flexibility index (Phi) is 4.16. The third-order valence-corrected chi connectivity index (χ3v) is 2.67. The molecule has 3 heterocycles. The maximum atomic E-state index is 8.56. The zero-order chi connectivity index (χ0) is 11.2. The van der Waals surface area contributed by atoms with Crippen LogP contribution in [0.1, 0.15) is 0 Å². The zero-order valence-corrected chi connectivity index (χ0v) is 9.35. The molecule has 3 aliphatic rings. The van der Waals surface area contributed by atoms with Gasteiger partial charge in [-0.25, -0.2) is 0 Å². The number of nitrogens with zero attached hydrogens (tertiary/aromatic N) is 1. The summed E-state index contributed by atoms with van der Waals surface area (Å²) >= 11 is 0. The Balaban J connectivity index is 0.000000123. The molecule has 4 heteroatoms. The molecule has 3 aliphatic heterocycles. The van der Waals surface area contributed by atoms with Gasteiger partial charge in [-0.05, 0) is 12.1 Å². The number of β-amino-alcohol motifs (C(OH)–C–C–N with tert-alkyl or cyclic N) is 1. The van der Waals surface area contributed by atoms with E-state index in [-0.39, 0.29) is 0 Å². The van der Waals surface area contributed by atoms with Crippen molar-refractivity contribution >= 4 is 0 Å². The van der Waals surface area contributed by atoms with E-state index in [0.29, 0.717) is 6.61 Å². The Morgan fingerprint density at radius 1 is 1.25 bits per heavy atom. The van der Waals surface area contributed by atoms with Crippen LogP contribution < -0.4 is 10.1 Å². The molecule has 88 valence electrons. The lowest BCUT2D eigenvalue weighted by atomic mass is 10.2. The first-order valence-corrected chi connectivity index (χ1v) is 5.70. The Morgan fingerprint density at radius 3 is 2.25 bits per heavy atom. The lowest BCUT2D eigenvalue weighted by molar-refractivity contribution is 0.180. The predicted octanol–water partition coefficient (Wildman–Crippen LogP) is 0.676. The minimum absolute atomic E-state index is 0.292. The van der Waals surface area contributed by atoms with Crippen LogP contribution in [0.5, 0.6) is 11.5 Å². The van der Waals surface area contributed by atoms with E-state index in [1.807, 2.05) is 24.3 Å². The molecule has 2 bridgehead atoms. The van der Waals surface area contributed by atoms with Crippen molar-refractivity contribution in [2.24, 2.45) is 0 Å². The first kappa shape index (κ1) is 11.4. The van der Waals surface area contributed by atoms with E-state index in [9.17, 15) is 0 Å². The SMILES string of the molecule is OCCN1CCNCC1.c1cc2cc(c1)O2. The minimum Gasteiger partial charge on any atom is -0.457 e. The third-order valence-electron chi connectivity index (χ3n) is 2.67. The van der Waals surface area contributed by atoms with Gasteiger partial charge in [0.1, 0.15) is 11.5 Å². The fourth-order valence-corrected chi connectivity index (χ4v) is 1.76. The molecule has 2 N–H and O–H groups in total. The predicted molar refractivity (Wildman–Crippen MR) is 62.9 cm³/mol. The molecule has 4 rings (SSSR count). The van der Waals surface area contributed by atoms with Crippen LogP contribution in [0.3, 0.4) is 0 Å². The summed E-state index contributed by atoms with van der Waals surface area (Å²) in [6, 6.07) is 7.86. The van der Waals surface area contributed by atoms with E-state index >= 15 is 0 Å². The van der Waals surface area contributed by atoms with E-state index in [1.54, 1.807) is 0 Å². The van der Waals surface area contributed by atoms with Gasteiger partial charge in [0.15, 0.2) is 0 Å². The second kappa shape index (κ2) is 5.84. The van der Waals surface area contributed by atoms with Gasteiger partial charge in [0, 0.05) is 38.8 Å². The highest BCUT2D eigenvalue weighted by Gasteiger charge is 2.07. The number of ether oxygens (including phenoxy) is 1. The molecule has 16 heavy (non-hydrogen) atoms. The fourth-order valence-electron chi connectivity index (χ4n) is 1.76. The van der Waals surface area contributed by atoms with Crippen LogP contribution in [0.4, 0.5) is 0 Å². The van der Waals surface area contributed by atoms with Crippen LogP contribution in [-0.4, -0.2) is 49.3 Å². The summed E-state index contributed by atoms with van der Waals surface area (Å²) < 4.78 is 5.01. The maximum absolute atomic E-state index is 8.56. The topological polar surface area (TPSA) is 44.7 Å². The smallest absolute Gasteiger partial charge is 0.131 e. The molecule has 0 spiro atoms. The molecule has 0 unspecified atom stereocenters. The van der Waals surface area contributed by atoms with Crippen LogP contribution in [-0.2, 0) is 0 Å². The normalized spacial score (nSPS) is 17.8. The number of aliphatic hydroxyl groups excluding tert-OH is 1. The monoisotopic (exact) mass is 222 g/mol. The number of hydrogen-bond donors (Lipinski definition) is 2. The van der Waals surface area contributed by atoms with Gasteiger partial charge in [-0.15, -0.1) is 0 Å². The number of benzene rings is 1. The van der Waals surface area contributed by atoms with Gasteiger partial charge in [-0.3, -0.25) is 4.90 Å². The van der Waals surface area contributed by atoms with Gasteiger partial charge in [0.25, 0.3) is 0 Å². The van der Waals surface area contributed by atoms with Crippen molar-refractivity contribution in [1.29, 1.82) is 0 Å². The van der Waals surface area contributed by atoms with Crippen molar-refractivity contribution in [3.05, 3.63) is 24.3 Å². The van der Waals surface area contributed by atoms with Gasteiger partial charge in [0.05, 0.1) is 6.61 Å². The molecular weight excluding hydrogens is 204 g/mol. The Labute approximate surface area is 95.8 Å². The first-order valence-electron chi connectivity index (χ1n) is 5.70. The van der Waals surface area contributed by atoms with Crippen molar-refractivity contribution < 1.29 is 9.84 Å². The van der Waals surface area contributed by atoms with Gasteiger partial charge in [0.2, 0.25) is 0 Å². The summed E-state index contributed by atoms with van der Waals surface area (Å²) in [7, 11) is 0. The van der Waals surface area contributed by atoms with Gasteiger partial charge in [-0.2, -0.15) is 0 Å². The second-order valence-corrected chi connectivity index (χ2v) is 3.89. The molecule has 0 saturated carbocycles. The van der Waals surface area contributed by atoms with Crippen LogP contribution in [0.25, 0.3) is 0 Å². The Bertz CT molecular complexity index is 297. The van der Waals surface area contributed by atoms with Crippen LogP contribution in [0.2, 0.25) is 0 Å². The van der Waals surface area contributed by atoms with Crippen molar-refractivity contribution in [2.45, 2.75) is 0 Å². The zero-order valence-electron chi connectivity index (χ0n) is 9.35. The third kappa shape index (κ3) is 3.20. The highest BCUT2D eigenvalue weighted by Crippen LogP contribution is 2.32. The highest BCUT2D eigenvalue weighted by molar-refractivity contribution is 5.43. The molecular formula is C12H18N2O2. The Hall–Kier alpha value is -1.10. The molecule has 1 aromatic carbocycles. The van der Waals surface area contributed by atoms with Gasteiger partial charge < -0.3 is 15.2 Å². The number of nitrogens with one attached hydrogen (secondary N) is 1. The molecule has 0 aromatic heterocycles. The average Bonchev–Trinajstić information content (AvgIpc) is 2.32. The second-order valence-electron chi connectivity index (χ2n) is 3.89. The molecule has 0 atom stereocenters. The molecule has 1 fully saturated rings. The maximum Gasteiger partial charge on any atom is 0.131 e. The standard InChI is InChI=1S/C6H14N2O.C6H4O/c9-6-5-8-3-1-7-2-4-8;1-2-5-4-6(3-1)7-5/h7,9H,1-6H2;1-4H. The molecule has 0 amide bonds. The van der Waals surface area contributed by atoms with Crippen molar-refractivity contribution in [1.82, 2.24) is 10.2 Å². The molecule has 0 aliphatic carbocycles. The summed E-state index contributed by atoms with van der Waals surface area (Å²) in [6.07, 6.45) is 0. The van der Waals surface area contributed by atoms with E-state index in [1.165, 1.54) is 0 Å². The molecule has 4 nitrogen and oxygen atoms in total. The van der Waals surface area contributed by atoms with Crippen LogP contribution >= 0.6 is 0 Å². The van der Waals surface area contributed by atoms with Gasteiger partial charge in [-0.1, -0.05) is 6.07 Å².